The lowest BCUT2D eigenvalue weighted by Crippen LogP contribution is -1.97. The molecular formula is C14H15O4P. The number of hydrogen-bond donors (Lipinski definition) is 1. The van der Waals surface area contributed by atoms with E-state index in [4.69, 9.17) is 9.26 Å². The van der Waals surface area contributed by atoms with Crippen LogP contribution in [-0.4, -0.2) is 12.0 Å². The quantitative estimate of drug-likeness (QED) is 0.851. The smallest absolute Gasteiger partial charge is 0.381 e. The van der Waals surface area contributed by atoms with Gasteiger partial charge in [-0.05, 0) is 17.7 Å². The van der Waals surface area contributed by atoms with Gasteiger partial charge in [-0.25, -0.2) is 4.57 Å². The van der Waals surface area contributed by atoms with Crippen LogP contribution in [0.1, 0.15) is 5.56 Å². The second kappa shape index (κ2) is 5.91. The molecule has 19 heavy (non-hydrogen) atoms. The van der Waals surface area contributed by atoms with Gasteiger partial charge in [0, 0.05) is 0 Å². The largest absolute Gasteiger partial charge is 0.493 e. The molecule has 1 N–H and O–H groups in total. The first-order chi connectivity index (χ1) is 9.11. The molecule has 0 aliphatic heterocycles. The molecular weight excluding hydrogens is 263 g/mol. The standard InChI is InChI=1S/C14H15O4P/c1-17-13-9-5-6-10-14(13)18-19(15,16)11-12-7-3-2-4-8-12/h2-10H,11H2,1H3,(H,15,16). The SMILES string of the molecule is COc1ccccc1OP(=O)(O)Cc1ccccc1. The number of ether oxygens (including phenoxy) is 1. The van der Waals surface area contributed by atoms with Gasteiger partial charge in [0.15, 0.2) is 11.5 Å². The first-order valence-corrected chi connectivity index (χ1v) is 7.55. The van der Waals surface area contributed by atoms with E-state index in [9.17, 15) is 9.46 Å². The van der Waals surface area contributed by atoms with Crippen LogP contribution in [0.2, 0.25) is 0 Å². The molecule has 0 saturated carbocycles. The van der Waals surface area contributed by atoms with Gasteiger partial charge in [0.25, 0.3) is 0 Å². The van der Waals surface area contributed by atoms with Gasteiger partial charge in [0.2, 0.25) is 0 Å². The molecule has 0 spiro atoms. The van der Waals surface area contributed by atoms with Gasteiger partial charge < -0.3 is 14.2 Å². The Hall–Kier alpha value is -1.77. The van der Waals surface area contributed by atoms with E-state index in [1.54, 1.807) is 36.4 Å². The minimum absolute atomic E-state index is 0.0358. The van der Waals surface area contributed by atoms with Crippen LogP contribution in [0.5, 0.6) is 11.5 Å². The van der Waals surface area contributed by atoms with Gasteiger partial charge in [0.05, 0.1) is 13.3 Å². The third kappa shape index (κ3) is 3.85. The fourth-order valence-electron chi connectivity index (χ4n) is 1.69. The van der Waals surface area contributed by atoms with Crippen molar-refractivity contribution in [2.75, 3.05) is 7.11 Å². The zero-order valence-electron chi connectivity index (χ0n) is 10.5. The Balaban J connectivity index is 2.15. The van der Waals surface area contributed by atoms with E-state index in [-0.39, 0.29) is 11.9 Å². The van der Waals surface area contributed by atoms with Crippen LogP contribution in [0.25, 0.3) is 0 Å². The molecule has 0 amide bonds. The summed E-state index contributed by atoms with van der Waals surface area (Å²) in [7, 11) is -2.27. The first-order valence-electron chi connectivity index (χ1n) is 5.79. The Morgan fingerprint density at radius 3 is 2.21 bits per heavy atom. The van der Waals surface area contributed by atoms with Crippen LogP contribution in [0.3, 0.4) is 0 Å². The van der Waals surface area contributed by atoms with E-state index >= 15 is 0 Å². The van der Waals surface area contributed by atoms with E-state index in [0.717, 1.165) is 5.56 Å². The summed E-state index contributed by atoms with van der Waals surface area (Å²) in [5, 5.41) is 0. The molecule has 0 bridgehead atoms. The average molecular weight is 278 g/mol. The Labute approximate surface area is 112 Å². The fourth-order valence-corrected chi connectivity index (χ4v) is 2.89. The Morgan fingerprint density at radius 2 is 1.58 bits per heavy atom. The summed E-state index contributed by atoms with van der Waals surface area (Å²) >= 11 is 0. The van der Waals surface area contributed by atoms with Crippen molar-refractivity contribution in [2.24, 2.45) is 0 Å². The van der Waals surface area contributed by atoms with Crippen LogP contribution in [0, 0.1) is 0 Å². The highest BCUT2D eigenvalue weighted by molar-refractivity contribution is 7.52. The van der Waals surface area contributed by atoms with Gasteiger partial charge >= 0.3 is 7.60 Å². The minimum atomic E-state index is -3.76. The summed E-state index contributed by atoms with van der Waals surface area (Å²) in [4.78, 5) is 9.92. The molecule has 2 aromatic carbocycles. The van der Waals surface area contributed by atoms with Crippen molar-refractivity contribution in [3.63, 3.8) is 0 Å². The second-order valence-electron chi connectivity index (χ2n) is 4.02. The predicted molar refractivity (Wildman–Crippen MR) is 73.6 cm³/mol. The van der Waals surface area contributed by atoms with Crippen LogP contribution < -0.4 is 9.26 Å². The van der Waals surface area contributed by atoms with Crippen molar-refractivity contribution in [1.29, 1.82) is 0 Å². The van der Waals surface area contributed by atoms with E-state index in [1.807, 2.05) is 18.2 Å². The maximum absolute atomic E-state index is 12.1. The lowest BCUT2D eigenvalue weighted by Gasteiger charge is -2.15. The van der Waals surface area contributed by atoms with Crippen molar-refractivity contribution in [3.8, 4) is 11.5 Å². The molecule has 0 aliphatic carbocycles. The minimum Gasteiger partial charge on any atom is -0.493 e. The molecule has 0 aliphatic rings. The van der Waals surface area contributed by atoms with Crippen LogP contribution in [-0.2, 0) is 10.7 Å². The second-order valence-corrected chi connectivity index (χ2v) is 5.80. The van der Waals surface area contributed by atoms with Crippen molar-refractivity contribution in [2.45, 2.75) is 6.16 Å². The van der Waals surface area contributed by atoms with Crippen LogP contribution in [0.4, 0.5) is 0 Å². The zero-order chi connectivity index (χ0) is 13.7. The highest BCUT2D eigenvalue weighted by Gasteiger charge is 2.23. The summed E-state index contributed by atoms with van der Waals surface area (Å²) in [5.74, 6) is 0.705. The van der Waals surface area contributed by atoms with Gasteiger partial charge in [-0.2, -0.15) is 0 Å². The molecule has 0 saturated heterocycles. The molecule has 0 heterocycles. The van der Waals surface area contributed by atoms with Crippen LogP contribution >= 0.6 is 7.60 Å². The Morgan fingerprint density at radius 1 is 1.00 bits per heavy atom. The number of rotatable bonds is 5. The summed E-state index contributed by atoms with van der Waals surface area (Å²) in [6.07, 6.45) is -0.0358. The predicted octanol–water partition coefficient (Wildman–Crippen LogP) is 3.46. The summed E-state index contributed by atoms with van der Waals surface area (Å²) in [6.45, 7) is 0. The van der Waals surface area contributed by atoms with Gasteiger partial charge in [0.1, 0.15) is 0 Å². The van der Waals surface area contributed by atoms with Gasteiger partial charge in [-0.3, -0.25) is 0 Å². The van der Waals surface area contributed by atoms with Crippen molar-refractivity contribution >= 4 is 7.60 Å². The maximum atomic E-state index is 12.1. The Bertz CT molecular complexity index is 583. The molecule has 1 unspecified atom stereocenters. The molecule has 1 atom stereocenters. The number of methoxy groups -OCH3 is 1. The normalized spacial score (nSPS) is 13.6. The van der Waals surface area contributed by atoms with Gasteiger partial charge in [-0.1, -0.05) is 42.5 Å². The summed E-state index contributed by atoms with van der Waals surface area (Å²) in [6, 6.07) is 15.8. The number of hydrogen-bond acceptors (Lipinski definition) is 3. The Kier molecular flexibility index (Phi) is 4.25. The first kappa shape index (κ1) is 13.7. The van der Waals surface area contributed by atoms with Crippen molar-refractivity contribution in [3.05, 3.63) is 60.2 Å². The monoisotopic (exact) mass is 278 g/mol. The van der Waals surface area contributed by atoms with Crippen molar-refractivity contribution < 1.29 is 18.7 Å². The van der Waals surface area contributed by atoms with Crippen LogP contribution in [0.15, 0.2) is 54.6 Å². The number of benzene rings is 2. The number of para-hydroxylation sites is 2. The average Bonchev–Trinajstić information content (AvgIpc) is 2.39. The third-order valence-corrected chi connectivity index (χ3v) is 3.78. The lowest BCUT2D eigenvalue weighted by atomic mass is 10.2. The highest BCUT2D eigenvalue weighted by Crippen LogP contribution is 2.48. The van der Waals surface area contributed by atoms with Gasteiger partial charge in [-0.15, -0.1) is 0 Å². The summed E-state index contributed by atoms with van der Waals surface area (Å²) in [5.41, 5.74) is 0.753. The lowest BCUT2D eigenvalue weighted by molar-refractivity contribution is 0.354. The van der Waals surface area contributed by atoms with E-state index in [1.165, 1.54) is 7.11 Å². The fraction of sp³-hybridized carbons (Fsp3) is 0.143. The van der Waals surface area contributed by atoms with E-state index in [2.05, 4.69) is 0 Å². The van der Waals surface area contributed by atoms with Crippen molar-refractivity contribution in [1.82, 2.24) is 0 Å². The highest BCUT2D eigenvalue weighted by atomic mass is 31.2. The zero-order valence-corrected chi connectivity index (χ0v) is 11.4. The van der Waals surface area contributed by atoms with E-state index < -0.39 is 7.60 Å². The molecule has 2 aromatic rings. The molecule has 2 rings (SSSR count). The molecule has 0 radical (unpaired) electrons. The maximum Gasteiger partial charge on any atom is 0.381 e. The molecule has 5 heteroatoms. The molecule has 4 nitrogen and oxygen atoms in total. The molecule has 0 aromatic heterocycles. The molecule has 100 valence electrons. The summed E-state index contributed by atoms with van der Waals surface area (Å²) < 4.78 is 22.4. The third-order valence-electron chi connectivity index (χ3n) is 2.54. The van der Waals surface area contributed by atoms with E-state index in [0.29, 0.717) is 5.75 Å². The topological polar surface area (TPSA) is 55.8 Å². The molecule has 0 fully saturated rings.